The van der Waals surface area contributed by atoms with Gasteiger partial charge in [-0.2, -0.15) is 5.10 Å². The SMILES string of the molecule is CCn1nc(C)c(Cl)c1CC(=O)c1cc(Cl)sc1Cl. The number of rotatable bonds is 4. The van der Waals surface area contributed by atoms with Crippen molar-refractivity contribution in [2.24, 2.45) is 0 Å². The van der Waals surface area contributed by atoms with Gasteiger partial charge in [0.05, 0.1) is 27.2 Å². The van der Waals surface area contributed by atoms with Crippen molar-refractivity contribution < 1.29 is 4.79 Å². The molecule has 3 nitrogen and oxygen atoms in total. The summed E-state index contributed by atoms with van der Waals surface area (Å²) in [7, 11) is 0. The first-order valence-corrected chi connectivity index (χ1v) is 7.58. The number of Topliss-reactive ketones (excluding diaryl/α,β-unsaturated/α-hetero) is 1. The summed E-state index contributed by atoms with van der Waals surface area (Å²) in [5.74, 6) is -0.107. The maximum atomic E-state index is 12.2. The molecule has 0 aliphatic carbocycles. The van der Waals surface area contributed by atoms with E-state index in [-0.39, 0.29) is 12.2 Å². The zero-order valence-corrected chi connectivity index (χ0v) is 13.4. The first kappa shape index (κ1) is 14.9. The average molecular weight is 338 g/mol. The molecule has 2 heterocycles. The van der Waals surface area contributed by atoms with Crippen molar-refractivity contribution in [3.8, 4) is 0 Å². The maximum Gasteiger partial charge on any atom is 0.171 e. The number of halogens is 3. The van der Waals surface area contributed by atoms with Gasteiger partial charge in [0.1, 0.15) is 4.34 Å². The number of aromatic nitrogens is 2. The molecule has 102 valence electrons. The Hall–Kier alpha value is -0.550. The molecular formula is C12H11Cl3N2OS. The fraction of sp³-hybridized carbons (Fsp3) is 0.333. The monoisotopic (exact) mass is 336 g/mol. The van der Waals surface area contributed by atoms with Gasteiger partial charge in [0, 0.05) is 12.1 Å². The minimum Gasteiger partial charge on any atom is -0.294 e. The molecule has 0 aromatic carbocycles. The van der Waals surface area contributed by atoms with E-state index >= 15 is 0 Å². The van der Waals surface area contributed by atoms with Crippen LogP contribution in [0.5, 0.6) is 0 Å². The van der Waals surface area contributed by atoms with E-state index < -0.39 is 0 Å². The molecule has 7 heteroatoms. The largest absolute Gasteiger partial charge is 0.294 e. The first-order valence-electron chi connectivity index (χ1n) is 5.63. The Kier molecular flexibility index (Phi) is 4.56. The summed E-state index contributed by atoms with van der Waals surface area (Å²) < 4.78 is 2.64. The Morgan fingerprint density at radius 2 is 2.11 bits per heavy atom. The minimum atomic E-state index is -0.107. The van der Waals surface area contributed by atoms with Gasteiger partial charge in [0.15, 0.2) is 5.78 Å². The summed E-state index contributed by atoms with van der Waals surface area (Å²) in [6.45, 7) is 4.43. The van der Waals surface area contributed by atoms with Crippen molar-refractivity contribution in [3.05, 3.63) is 36.7 Å². The van der Waals surface area contributed by atoms with Crippen LogP contribution in [0.4, 0.5) is 0 Å². The van der Waals surface area contributed by atoms with Crippen LogP contribution in [-0.4, -0.2) is 15.6 Å². The Morgan fingerprint density at radius 3 is 2.63 bits per heavy atom. The van der Waals surface area contributed by atoms with E-state index in [1.807, 2.05) is 13.8 Å². The minimum absolute atomic E-state index is 0.107. The predicted octanol–water partition coefficient (Wildman–Crippen LogP) is 4.66. The fourth-order valence-electron chi connectivity index (χ4n) is 1.82. The summed E-state index contributed by atoms with van der Waals surface area (Å²) in [4.78, 5) is 12.2. The molecular weight excluding hydrogens is 327 g/mol. The molecule has 0 fully saturated rings. The first-order chi connectivity index (χ1) is 8.93. The average Bonchev–Trinajstić information content (AvgIpc) is 2.83. The summed E-state index contributed by atoms with van der Waals surface area (Å²) >= 11 is 19.2. The van der Waals surface area contributed by atoms with Crippen LogP contribution in [0.3, 0.4) is 0 Å². The van der Waals surface area contributed by atoms with E-state index in [0.717, 1.165) is 5.69 Å². The third-order valence-corrected chi connectivity index (χ3v) is 4.72. The van der Waals surface area contributed by atoms with Crippen LogP contribution < -0.4 is 0 Å². The third kappa shape index (κ3) is 2.97. The number of hydrogen-bond acceptors (Lipinski definition) is 3. The van der Waals surface area contributed by atoms with Crippen molar-refractivity contribution in [2.75, 3.05) is 0 Å². The van der Waals surface area contributed by atoms with Gasteiger partial charge in [-0.1, -0.05) is 34.8 Å². The molecule has 2 aromatic heterocycles. The predicted molar refractivity (Wildman–Crippen MR) is 80.0 cm³/mol. The van der Waals surface area contributed by atoms with E-state index in [1.54, 1.807) is 10.7 Å². The van der Waals surface area contributed by atoms with Crippen LogP contribution in [0, 0.1) is 6.92 Å². The Labute approximate surface area is 130 Å². The molecule has 19 heavy (non-hydrogen) atoms. The van der Waals surface area contributed by atoms with E-state index in [4.69, 9.17) is 34.8 Å². The molecule has 0 radical (unpaired) electrons. The van der Waals surface area contributed by atoms with Gasteiger partial charge >= 0.3 is 0 Å². The molecule has 0 saturated heterocycles. The molecule has 2 rings (SSSR count). The summed E-state index contributed by atoms with van der Waals surface area (Å²) in [5, 5.41) is 4.81. The van der Waals surface area contributed by atoms with E-state index in [9.17, 15) is 4.79 Å². The molecule has 0 aliphatic rings. The number of nitrogens with zero attached hydrogens (tertiary/aromatic N) is 2. The molecule has 0 spiro atoms. The number of thiophene rings is 1. The highest BCUT2D eigenvalue weighted by Gasteiger charge is 2.20. The van der Waals surface area contributed by atoms with Crippen molar-refractivity contribution in [1.29, 1.82) is 0 Å². The van der Waals surface area contributed by atoms with E-state index in [2.05, 4.69) is 5.10 Å². The molecule has 0 unspecified atom stereocenters. The van der Waals surface area contributed by atoms with Crippen LogP contribution in [-0.2, 0) is 13.0 Å². The van der Waals surface area contributed by atoms with Crippen LogP contribution in [0.2, 0.25) is 13.7 Å². The second-order valence-electron chi connectivity index (χ2n) is 4.00. The van der Waals surface area contributed by atoms with Crippen molar-refractivity contribution in [2.45, 2.75) is 26.8 Å². The molecule has 0 aliphatic heterocycles. The molecule has 0 bridgehead atoms. The number of hydrogen-bond donors (Lipinski definition) is 0. The van der Waals surface area contributed by atoms with Crippen LogP contribution >= 0.6 is 46.1 Å². The summed E-state index contributed by atoms with van der Waals surface area (Å²) in [6.07, 6.45) is 0.167. The maximum absolute atomic E-state index is 12.2. The van der Waals surface area contributed by atoms with Gasteiger partial charge in [-0.25, -0.2) is 0 Å². The van der Waals surface area contributed by atoms with Crippen LogP contribution in [0.25, 0.3) is 0 Å². The molecule has 2 aromatic rings. The van der Waals surface area contributed by atoms with Crippen molar-refractivity contribution in [1.82, 2.24) is 9.78 Å². The van der Waals surface area contributed by atoms with Crippen LogP contribution in [0.15, 0.2) is 6.07 Å². The smallest absolute Gasteiger partial charge is 0.171 e. The quantitative estimate of drug-likeness (QED) is 0.761. The second-order valence-corrected chi connectivity index (χ2v) is 6.66. The Bertz CT molecular complexity index is 633. The lowest BCUT2D eigenvalue weighted by atomic mass is 10.1. The summed E-state index contributed by atoms with van der Waals surface area (Å²) in [5.41, 5.74) is 1.88. The second kappa shape index (κ2) is 5.83. The van der Waals surface area contributed by atoms with Gasteiger partial charge in [0.2, 0.25) is 0 Å². The fourth-order valence-corrected chi connectivity index (χ4v) is 3.52. The van der Waals surface area contributed by atoms with Crippen LogP contribution in [0.1, 0.15) is 28.7 Å². The Morgan fingerprint density at radius 1 is 1.42 bits per heavy atom. The van der Waals surface area contributed by atoms with Crippen molar-refractivity contribution >= 4 is 51.9 Å². The normalized spacial score (nSPS) is 11.0. The van der Waals surface area contributed by atoms with Gasteiger partial charge in [-0.05, 0) is 19.9 Å². The third-order valence-electron chi connectivity index (χ3n) is 2.74. The Balaban J connectivity index is 2.31. The van der Waals surface area contributed by atoms with Gasteiger partial charge < -0.3 is 0 Å². The molecule has 0 amide bonds. The highest BCUT2D eigenvalue weighted by molar-refractivity contribution is 7.20. The zero-order chi connectivity index (χ0) is 14.2. The molecule has 0 saturated carbocycles. The van der Waals surface area contributed by atoms with E-state index in [1.165, 1.54) is 11.3 Å². The molecule has 0 atom stereocenters. The number of ketones is 1. The lowest BCUT2D eigenvalue weighted by Crippen LogP contribution is -2.09. The highest BCUT2D eigenvalue weighted by Crippen LogP contribution is 2.32. The number of carbonyl (C=O) groups is 1. The standard InChI is InChI=1S/C12H11Cl3N2OS/c1-3-17-8(11(14)6(2)16-17)5-9(18)7-4-10(13)19-12(7)15/h4H,3,5H2,1-2H3. The van der Waals surface area contributed by atoms with Gasteiger partial charge in [-0.15, -0.1) is 11.3 Å². The summed E-state index contributed by atoms with van der Waals surface area (Å²) in [6, 6.07) is 1.59. The molecule has 0 N–H and O–H groups in total. The highest BCUT2D eigenvalue weighted by atomic mass is 35.5. The van der Waals surface area contributed by atoms with Gasteiger partial charge in [0.25, 0.3) is 0 Å². The number of aryl methyl sites for hydroxylation is 2. The lowest BCUT2D eigenvalue weighted by molar-refractivity contribution is 0.0991. The van der Waals surface area contributed by atoms with Crippen molar-refractivity contribution in [3.63, 3.8) is 0 Å². The lowest BCUT2D eigenvalue weighted by Gasteiger charge is -2.04. The number of carbonyl (C=O) groups excluding carboxylic acids is 1. The zero-order valence-electron chi connectivity index (χ0n) is 10.3. The topological polar surface area (TPSA) is 34.9 Å². The van der Waals surface area contributed by atoms with Gasteiger partial charge in [-0.3, -0.25) is 9.48 Å². The van der Waals surface area contributed by atoms with E-state index in [0.29, 0.717) is 31.5 Å².